The number of aromatic nitrogens is 2. The Labute approximate surface area is 200 Å². The minimum atomic E-state index is -0.0786. The number of aryl methyl sites for hydroxylation is 1. The van der Waals surface area contributed by atoms with Crippen LogP contribution in [0.2, 0.25) is 0 Å². The molecule has 0 aliphatic heterocycles. The highest BCUT2D eigenvalue weighted by Gasteiger charge is 2.14. The first-order valence-electron chi connectivity index (χ1n) is 11.7. The number of para-hydroxylation sites is 2. The fourth-order valence-corrected chi connectivity index (χ4v) is 3.94. The molecule has 1 aromatic heterocycles. The van der Waals surface area contributed by atoms with Crippen molar-refractivity contribution in [3.63, 3.8) is 0 Å². The Morgan fingerprint density at radius 3 is 2.32 bits per heavy atom. The zero-order valence-corrected chi connectivity index (χ0v) is 19.2. The van der Waals surface area contributed by atoms with Gasteiger partial charge in [0, 0.05) is 24.6 Å². The third-order valence-corrected chi connectivity index (χ3v) is 5.73. The summed E-state index contributed by atoms with van der Waals surface area (Å²) in [5.74, 6) is 0.932. The lowest BCUT2D eigenvalue weighted by Gasteiger charge is -2.09. The third-order valence-electron chi connectivity index (χ3n) is 5.73. The van der Waals surface area contributed by atoms with Crippen LogP contribution in [0.3, 0.4) is 0 Å². The molecule has 0 saturated carbocycles. The summed E-state index contributed by atoms with van der Waals surface area (Å²) in [4.78, 5) is 29.6. The zero-order chi connectivity index (χ0) is 23.6. The molecule has 1 heterocycles. The fraction of sp³-hybridized carbons (Fsp3) is 0.207. The van der Waals surface area contributed by atoms with E-state index in [2.05, 4.69) is 5.32 Å². The van der Waals surface area contributed by atoms with Crippen molar-refractivity contribution in [2.24, 2.45) is 0 Å². The van der Waals surface area contributed by atoms with Crippen LogP contribution in [0.5, 0.6) is 0 Å². The van der Waals surface area contributed by atoms with E-state index < -0.39 is 0 Å². The Hall–Kier alpha value is -3.99. The van der Waals surface area contributed by atoms with Crippen molar-refractivity contribution in [3.05, 3.63) is 108 Å². The number of hydrogen-bond acceptors (Lipinski definition) is 3. The second-order valence-corrected chi connectivity index (χ2v) is 8.24. The van der Waals surface area contributed by atoms with Crippen molar-refractivity contribution in [3.8, 4) is 0 Å². The van der Waals surface area contributed by atoms with E-state index in [4.69, 9.17) is 4.98 Å². The number of ketones is 1. The largest absolute Gasteiger partial charge is 0.353 e. The van der Waals surface area contributed by atoms with Gasteiger partial charge in [-0.25, -0.2) is 4.98 Å². The van der Waals surface area contributed by atoms with Gasteiger partial charge in [0.05, 0.1) is 17.6 Å². The van der Waals surface area contributed by atoms with Crippen LogP contribution in [0, 0.1) is 0 Å². The summed E-state index contributed by atoms with van der Waals surface area (Å²) in [7, 11) is 0. The quantitative estimate of drug-likeness (QED) is 0.187. The maximum atomic E-state index is 12.8. The van der Waals surface area contributed by atoms with Crippen molar-refractivity contribution in [1.29, 1.82) is 0 Å². The fourth-order valence-electron chi connectivity index (χ4n) is 3.94. The highest BCUT2D eigenvalue weighted by molar-refractivity contribution is 5.96. The summed E-state index contributed by atoms with van der Waals surface area (Å²) in [5.41, 5.74) is 3.62. The van der Waals surface area contributed by atoms with Gasteiger partial charge in [-0.3, -0.25) is 9.59 Å². The lowest BCUT2D eigenvalue weighted by atomic mass is 10.1. The Kier molecular flexibility index (Phi) is 8.01. The van der Waals surface area contributed by atoms with Crippen LogP contribution < -0.4 is 5.32 Å². The van der Waals surface area contributed by atoms with Gasteiger partial charge in [0.2, 0.25) is 5.91 Å². The van der Waals surface area contributed by atoms with Crippen molar-refractivity contribution >= 4 is 28.8 Å². The SMILES string of the molecule is O=C(/C=C/c1ccccc1)NCCCCCc1nc2ccccc2n1CC(=O)c1ccccc1. The van der Waals surface area contributed by atoms with Gasteiger partial charge >= 0.3 is 0 Å². The minimum absolute atomic E-state index is 0.0786. The molecular formula is C29H29N3O2. The molecule has 34 heavy (non-hydrogen) atoms. The first kappa shape index (κ1) is 23.2. The Bertz CT molecular complexity index is 1260. The van der Waals surface area contributed by atoms with E-state index in [9.17, 15) is 9.59 Å². The second kappa shape index (κ2) is 11.8. The maximum Gasteiger partial charge on any atom is 0.243 e. The lowest BCUT2D eigenvalue weighted by Crippen LogP contribution is -2.22. The van der Waals surface area contributed by atoms with E-state index >= 15 is 0 Å². The number of nitrogens with zero attached hydrogens (tertiary/aromatic N) is 2. The molecular weight excluding hydrogens is 422 g/mol. The average Bonchev–Trinajstić information content (AvgIpc) is 3.23. The number of fused-ring (bicyclic) bond motifs is 1. The molecule has 172 valence electrons. The molecule has 1 N–H and O–H groups in total. The number of Topliss-reactive ketones (excluding diaryl/α,β-unsaturated/α-hetero) is 1. The molecule has 0 aliphatic rings. The predicted molar refractivity (Wildman–Crippen MR) is 137 cm³/mol. The van der Waals surface area contributed by atoms with E-state index in [0.29, 0.717) is 12.1 Å². The van der Waals surface area contributed by atoms with E-state index in [1.54, 1.807) is 6.08 Å². The second-order valence-electron chi connectivity index (χ2n) is 8.24. The summed E-state index contributed by atoms with van der Waals surface area (Å²) in [6.07, 6.45) is 6.99. The minimum Gasteiger partial charge on any atom is -0.353 e. The number of nitrogens with one attached hydrogen (secondary N) is 1. The van der Waals surface area contributed by atoms with Gasteiger partial charge < -0.3 is 9.88 Å². The van der Waals surface area contributed by atoms with Gasteiger partial charge in [0.25, 0.3) is 0 Å². The van der Waals surface area contributed by atoms with Crippen LogP contribution in [-0.2, 0) is 17.8 Å². The van der Waals surface area contributed by atoms with Crippen LogP contribution in [0.15, 0.2) is 91.0 Å². The van der Waals surface area contributed by atoms with Crippen LogP contribution in [0.25, 0.3) is 17.1 Å². The first-order chi connectivity index (χ1) is 16.7. The highest BCUT2D eigenvalue weighted by atomic mass is 16.1. The molecule has 4 rings (SSSR count). The summed E-state index contributed by atoms with van der Waals surface area (Å²) in [6, 6.07) is 27.1. The summed E-state index contributed by atoms with van der Waals surface area (Å²) < 4.78 is 2.04. The number of carbonyl (C=O) groups is 2. The molecule has 5 heteroatoms. The van der Waals surface area contributed by atoms with E-state index in [0.717, 1.165) is 48.1 Å². The number of rotatable bonds is 11. The third kappa shape index (κ3) is 6.29. The van der Waals surface area contributed by atoms with Crippen molar-refractivity contribution < 1.29 is 9.59 Å². The molecule has 0 saturated heterocycles. The number of benzene rings is 3. The zero-order valence-electron chi connectivity index (χ0n) is 19.2. The molecule has 5 nitrogen and oxygen atoms in total. The number of amides is 1. The Balaban J connectivity index is 1.28. The molecule has 0 aliphatic carbocycles. The molecule has 0 fully saturated rings. The first-order valence-corrected chi connectivity index (χ1v) is 11.7. The summed E-state index contributed by atoms with van der Waals surface area (Å²) >= 11 is 0. The Morgan fingerprint density at radius 2 is 1.53 bits per heavy atom. The molecule has 0 bridgehead atoms. The monoisotopic (exact) mass is 451 g/mol. The van der Waals surface area contributed by atoms with Crippen LogP contribution in [-0.4, -0.2) is 27.8 Å². The molecule has 0 unspecified atom stereocenters. The number of imidazole rings is 1. The topological polar surface area (TPSA) is 64.0 Å². The van der Waals surface area contributed by atoms with Crippen LogP contribution in [0.1, 0.15) is 41.0 Å². The van der Waals surface area contributed by atoms with Gasteiger partial charge in [-0.15, -0.1) is 0 Å². The molecule has 0 radical (unpaired) electrons. The molecule has 0 atom stereocenters. The average molecular weight is 452 g/mol. The van der Waals surface area contributed by atoms with Crippen molar-refractivity contribution in [2.45, 2.75) is 32.2 Å². The van der Waals surface area contributed by atoms with Crippen LogP contribution >= 0.6 is 0 Å². The van der Waals surface area contributed by atoms with Crippen LogP contribution in [0.4, 0.5) is 0 Å². The predicted octanol–water partition coefficient (Wildman–Crippen LogP) is 5.46. The van der Waals surface area contributed by atoms with Gasteiger partial charge in [-0.05, 0) is 36.6 Å². The van der Waals surface area contributed by atoms with E-state index in [-0.39, 0.29) is 18.2 Å². The lowest BCUT2D eigenvalue weighted by molar-refractivity contribution is -0.116. The molecule has 1 amide bonds. The van der Waals surface area contributed by atoms with Gasteiger partial charge in [-0.1, -0.05) is 79.2 Å². The van der Waals surface area contributed by atoms with Crippen molar-refractivity contribution in [2.75, 3.05) is 6.54 Å². The van der Waals surface area contributed by atoms with Gasteiger partial charge in [0.1, 0.15) is 5.82 Å². The van der Waals surface area contributed by atoms with Gasteiger partial charge in [-0.2, -0.15) is 0 Å². The van der Waals surface area contributed by atoms with E-state index in [1.807, 2.05) is 95.6 Å². The smallest absolute Gasteiger partial charge is 0.243 e. The number of hydrogen-bond donors (Lipinski definition) is 1. The maximum absolute atomic E-state index is 12.8. The standard InChI is InChI=1S/C29H29N3O2/c33-27(24-14-6-2-7-15-24)22-32-26-17-10-9-16-25(26)31-28(32)18-8-3-11-21-30-29(34)20-19-23-12-4-1-5-13-23/h1-2,4-7,9-10,12-17,19-20H,3,8,11,18,21-22H2,(H,30,34)/b20-19+. The summed E-state index contributed by atoms with van der Waals surface area (Å²) in [5, 5.41) is 2.94. The summed E-state index contributed by atoms with van der Waals surface area (Å²) in [6.45, 7) is 0.921. The number of carbonyl (C=O) groups excluding carboxylic acids is 2. The molecule has 3 aromatic carbocycles. The molecule has 0 spiro atoms. The Morgan fingerprint density at radius 1 is 0.824 bits per heavy atom. The normalized spacial score (nSPS) is 11.2. The highest BCUT2D eigenvalue weighted by Crippen LogP contribution is 2.19. The van der Waals surface area contributed by atoms with Gasteiger partial charge in [0.15, 0.2) is 5.78 Å². The number of unbranched alkanes of at least 4 members (excludes halogenated alkanes) is 2. The van der Waals surface area contributed by atoms with Crippen molar-refractivity contribution in [1.82, 2.24) is 14.9 Å². The van der Waals surface area contributed by atoms with E-state index in [1.165, 1.54) is 0 Å². The molecule has 4 aromatic rings.